The number of benzene rings is 2. The van der Waals surface area contributed by atoms with Crippen LogP contribution in [0.5, 0.6) is 11.5 Å². The molecule has 2 aromatic carbocycles. The van der Waals surface area contributed by atoms with Crippen LogP contribution in [0.25, 0.3) is 10.9 Å². The van der Waals surface area contributed by atoms with E-state index in [0.717, 1.165) is 28.6 Å². The average Bonchev–Trinajstić information content (AvgIpc) is 3.14. The number of carbonyl (C=O) groups is 1. The van der Waals surface area contributed by atoms with E-state index in [1.807, 2.05) is 47.4 Å². The quantitative estimate of drug-likeness (QED) is 0.642. The molecule has 1 aromatic heterocycles. The van der Waals surface area contributed by atoms with Gasteiger partial charge in [0.25, 0.3) is 5.91 Å². The maximum Gasteiger partial charge on any atom is 0.270 e. The summed E-state index contributed by atoms with van der Waals surface area (Å²) in [4.78, 5) is 15.4. The van der Waals surface area contributed by atoms with Crippen molar-refractivity contribution < 1.29 is 19.0 Å². The van der Waals surface area contributed by atoms with Gasteiger partial charge in [-0.1, -0.05) is 18.2 Å². The Kier molecular flexibility index (Phi) is 5.45. The fourth-order valence-electron chi connectivity index (χ4n) is 4.03. The summed E-state index contributed by atoms with van der Waals surface area (Å²) < 4.78 is 18.2. The standard InChI is InChI=1S/C23H26N2O4/c1-27-11-10-25-19-7-5-4-6-17(19)12-20(25)23(26)24-9-8-16-13-21(28-2)22(29-3)14-18(16)15-24/h4-7,12-14H,8-11,15H2,1-3H3. The number of nitrogens with zero attached hydrogens (tertiary/aromatic N) is 2. The van der Waals surface area contributed by atoms with Gasteiger partial charge in [0.2, 0.25) is 0 Å². The number of aromatic nitrogens is 1. The minimum Gasteiger partial charge on any atom is -0.493 e. The molecule has 1 amide bonds. The molecular formula is C23H26N2O4. The normalized spacial score (nSPS) is 13.4. The fraction of sp³-hybridized carbons (Fsp3) is 0.348. The maximum absolute atomic E-state index is 13.4. The van der Waals surface area contributed by atoms with Crippen molar-refractivity contribution in [1.29, 1.82) is 0 Å². The van der Waals surface area contributed by atoms with Gasteiger partial charge in [-0.15, -0.1) is 0 Å². The Bertz CT molecular complexity index is 1040. The van der Waals surface area contributed by atoms with E-state index in [2.05, 4.69) is 4.57 Å². The third-order valence-electron chi connectivity index (χ3n) is 5.55. The van der Waals surface area contributed by atoms with E-state index in [9.17, 15) is 4.79 Å². The van der Waals surface area contributed by atoms with E-state index < -0.39 is 0 Å². The number of fused-ring (bicyclic) bond motifs is 2. The van der Waals surface area contributed by atoms with Crippen molar-refractivity contribution >= 4 is 16.8 Å². The second-order valence-electron chi connectivity index (χ2n) is 7.19. The van der Waals surface area contributed by atoms with E-state index in [1.54, 1.807) is 21.3 Å². The molecule has 152 valence electrons. The molecule has 0 saturated heterocycles. The van der Waals surface area contributed by atoms with E-state index in [-0.39, 0.29) is 5.91 Å². The minimum atomic E-state index is 0.0396. The molecule has 4 rings (SSSR count). The SMILES string of the molecule is COCCn1c(C(=O)N2CCc3cc(OC)c(OC)cc3C2)cc2ccccc21. The van der Waals surface area contributed by atoms with E-state index in [1.165, 1.54) is 5.56 Å². The summed E-state index contributed by atoms with van der Waals surface area (Å²) in [6.45, 7) is 2.42. The molecule has 0 atom stereocenters. The van der Waals surface area contributed by atoms with E-state index in [0.29, 0.717) is 37.7 Å². The molecule has 0 radical (unpaired) electrons. The van der Waals surface area contributed by atoms with Gasteiger partial charge in [0.15, 0.2) is 11.5 Å². The highest BCUT2D eigenvalue weighted by Crippen LogP contribution is 2.34. The van der Waals surface area contributed by atoms with E-state index >= 15 is 0 Å². The molecular weight excluding hydrogens is 368 g/mol. The Hall–Kier alpha value is -2.99. The first-order valence-corrected chi connectivity index (χ1v) is 9.76. The molecule has 1 aliphatic rings. The van der Waals surface area contributed by atoms with E-state index in [4.69, 9.17) is 14.2 Å². The summed E-state index contributed by atoms with van der Waals surface area (Å²) in [6, 6.07) is 14.1. The number of amides is 1. The first-order chi connectivity index (χ1) is 14.2. The third kappa shape index (κ3) is 3.56. The van der Waals surface area contributed by atoms with Gasteiger partial charge < -0.3 is 23.7 Å². The minimum absolute atomic E-state index is 0.0396. The topological polar surface area (TPSA) is 52.9 Å². The zero-order chi connectivity index (χ0) is 20.4. The van der Waals surface area contributed by atoms with Crippen molar-refractivity contribution in [2.75, 3.05) is 34.5 Å². The lowest BCUT2D eigenvalue weighted by Gasteiger charge is -2.30. The van der Waals surface area contributed by atoms with Gasteiger partial charge in [0.05, 0.1) is 20.8 Å². The lowest BCUT2D eigenvalue weighted by molar-refractivity contribution is 0.0721. The second-order valence-corrected chi connectivity index (χ2v) is 7.19. The Balaban J connectivity index is 1.66. The van der Waals surface area contributed by atoms with Crippen LogP contribution in [0.3, 0.4) is 0 Å². The van der Waals surface area contributed by atoms with Crippen LogP contribution in [0.15, 0.2) is 42.5 Å². The molecule has 2 heterocycles. The Morgan fingerprint density at radius 1 is 1.00 bits per heavy atom. The van der Waals surface area contributed by atoms with Crippen molar-refractivity contribution in [3.8, 4) is 11.5 Å². The van der Waals surface area contributed by atoms with Crippen LogP contribution in [0.2, 0.25) is 0 Å². The molecule has 3 aromatic rings. The first-order valence-electron chi connectivity index (χ1n) is 9.76. The summed E-state index contributed by atoms with van der Waals surface area (Å²) >= 11 is 0. The number of methoxy groups -OCH3 is 3. The van der Waals surface area contributed by atoms with Crippen LogP contribution in [0.4, 0.5) is 0 Å². The fourth-order valence-corrected chi connectivity index (χ4v) is 4.03. The summed E-state index contributed by atoms with van der Waals surface area (Å²) in [7, 11) is 4.95. The number of hydrogen-bond donors (Lipinski definition) is 0. The van der Waals surface area contributed by atoms with Crippen molar-refractivity contribution in [1.82, 2.24) is 9.47 Å². The van der Waals surface area contributed by atoms with Crippen LogP contribution in [0, 0.1) is 0 Å². The lowest BCUT2D eigenvalue weighted by atomic mass is 9.98. The number of carbonyl (C=O) groups excluding carboxylic acids is 1. The van der Waals surface area contributed by atoms with Crippen LogP contribution < -0.4 is 9.47 Å². The molecule has 0 bridgehead atoms. The van der Waals surface area contributed by atoms with Crippen molar-refractivity contribution in [3.05, 3.63) is 59.3 Å². The molecule has 0 unspecified atom stereocenters. The number of ether oxygens (including phenoxy) is 3. The molecule has 6 nitrogen and oxygen atoms in total. The van der Waals surface area contributed by atoms with Gasteiger partial charge in [-0.25, -0.2) is 0 Å². The van der Waals surface area contributed by atoms with Gasteiger partial charge in [-0.05, 0) is 41.8 Å². The first kappa shape index (κ1) is 19.3. The molecule has 0 aliphatic carbocycles. The zero-order valence-electron chi connectivity index (χ0n) is 17.1. The van der Waals surface area contributed by atoms with Crippen LogP contribution >= 0.6 is 0 Å². The van der Waals surface area contributed by atoms with Gasteiger partial charge in [0, 0.05) is 37.6 Å². The van der Waals surface area contributed by atoms with Crippen molar-refractivity contribution in [2.45, 2.75) is 19.5 Å². The van der Waals surface area contributed by atoms with Crippen molar-refractivity contribution in [3.63, 3.8) is 0 Å². The summed E-state index contributed by atoms with van der Waals surface area (Å²) in [5.74, 6) is 1.46. The van der Waals surface area contributed by atoms with Crippen molar-refractivity contribution in [2.24, 2.45) is 0 Å². The van der Waals surface area contributed by atoms with Gasteiger partial charge in [-0.3, -0.25) is 4.79 Å². The van der Waals surface area contributed by atoms with Gasteiger partial charge >= 0.3 is 0 Å². The predicted molar refractivity (Wildman–Crippen MR) is 112 cm³/mol. The highest BCUT2D eigenvalue weighted by molar-refractivity contribution is 5.99. The average molecular weight is 394 g/mol. The smallest absolute Gasteiger partial charge is 0.270 e. The number of para-hydroxylation sites is 1. The number of rotatable bonds is 6. The second kappa shape index (κ2) is 8.17. The Morgan fingerprint density at radius 2 is 1.72 bits per heavy atom. The highest BCUT2D eigenvalue weighted by Gasteiger charge is 2.26. The molecule has 1 aliphatic heterocycles. The molecule has 0 fully saturated rings. The summed E-state index contributed by atoms with van der Waals surface area (Å²) in [5, 5.41) is 1.07. The predicted octanol–water partition coefficient (Wildman–Crippen LogP) is 3.50. The lowest BCUT2D eigenvalue weighted by Crippen LogP contribution is -2.37. The molecule has 29 heavy (non-hydrogen) atoms. The molecule has 0 N–H and O–H groups in total. The molecule has 0 saturated carbocycles. The van der Waals surface area contributed by atoms with Crippen LogP contribution in [-0.2, 0) is 24.2 Å². The Morgan fingerprint density at radius 3 is 2.45 bits per heavy atom. The van der Waals surface area contributed by atoms with Crippen LogP contribution in [0.1, 0.15) is 21.6 Å². The third-order valence-corrected chi connectivity index (χ3v) is 5.55. The van der Waals surface area contributed by atoms with Gasteiger partial charge in [-0.2, -0.15) is 0 Å². The molecule has 0 spiro atoms. The molecule has 6 heteroatoms. The van der Waals surface area contributed by atoms with Gasteiger partial charge in [0.1, 0.15) is 5.69 Å². The number of hydrogen-bond acceptors (Lipinski definition) is 4. The highest BCUT2D eigenvalue weighted by atomic mass is 16.5. The maximum atomic E-state index is 13.4. The zero-order valence-corrected chi connectivity index (χ0v) is 17.1. The van der Waals surface area contributed by atoms with Crippen LogP contribution in [-0.4, -0.2) is 49.9 Å². The monoisotopic (exact) mass is 394 g/mol. The summed E-state index contributed by atoms with van der Waals surface area (Å²) in [6.07, 6.45) is 0.791. The largest absolute Gasteiger partial charge is 0.493 e. The summed E-state index contributed by atoms with van der Waals surface area (Å²) in [5.41, 5.74) is 4.05. The Labute approximate surface area is 170 Å².